The summed E-state index contributed by atoms with van der Waals surface area (Å²) in [5, 5.41) is 11.7. The van der Waals surface area contributed by atoms with Gasteiger partial charge in [0.25, 0.3) is 5.91 Å². The summed E-state index contributed by atoms with van der Waals surface area (Å²) in [6.45, 7) is -0.652. The summed E-state index contributed by atoms with van der Waals surface area (Å²) in [5.74, 6) is -1.30. The second-order valence-electron chi connectivity index (χ2n) is 11.0. The van der Waals surface area contributed by atoms with Crippen molar-refractivity contribution in [3.05, 3.63) is 76.9 Å². The highest BCUT2D eigenvalue weighted by molar-refractivity contribution is 5.99. The largest absolute Gasteiger partial charge is 0.494 e. The number of alkyl halides is 3. The molecule has 218 valence electrons. The van der Waals surface area contributed by atoms with Crippen LogP contribution < -0.4 is 14.8 Å². The molecule has 1 unspecified atom stereocenters. The van der Waals surface area contributed by atoms with Crippen LogP contribution in [0.1, 0.15) is 46.1 Å². The fraction of sp³-hybridized carbons (Fsp3) is 0.355. The van der Waals surface area contributed by atoms with Crippen LogP contribution in [0.3, 0.4) is 0 Å². The lowest BCUT2D eigenvalue weighted by molar-refractivity contribution is 0.0944. The van der Waals surface area contributed by atoms with Gasteiger partial charge in [0.05, 0.1) is 24.1 Å². The molecule has 4 aromatic rings. The summed E-state index contributed by atoms with van der Waals surface area (Å²) in [6, 6.07) is 11.9. The van der Waals surface area contributed by atoms with Crippen LogP contribution in [0.4, 0.5) is 17.6 Å². The van der Waals surface area contributed by atoms with Gasteiger partial charge in [-0.3, -0.25) is 4.79 Å². The van der Waals surface area contributed by atoms with Crippen LogP contribution in [-0.4, -0.2) is 60.4 Å². The van der Waals surface area contributed by atoms with E-state index in [1.54, 1.807) is 19.1 Å². The predicted molar refractivity (Wildman–Crippen MR) is 148 cm³/mol. The number of hydrogen-bond acceptors (Lipinski definition) is 6. The molecule has 1 amide bonds. The zero-order valence-corrected chi connectivity index (χ0v) is 23.0. The van der Waals surface area contributed by atoms with Crippen molar-refractivity contribution in [2.24, 2.45) is 0 Å². The van der Waals surface area contributed by atoms with Crippen molar-refractivity contribution in [3.63, 3.8) is 0 Å². The molecule has 2 aromatic heterocycles. The van der Waals surface area contributed by atoms with Crippen molar-refractivity contribution >= 4 is 16.8 Å². The molecule has 0 bridgehead atoms. The van der Waals surface area contributed by atoms with Crippen molar-refractivity contribution in [1.29, 1.82) is 0 Å². The molecule has 1 fully saturated rings. The number of methoxy groups -OCH3 is 1. The lowest BCUT2D eigenvalue weighted by atomic mass is 9.82. The number of aryl methyl sites for hydroxylation is 1. The van der Waals surface area contributed by atoms with E-state index in [1.807, 2.05) is 0 Å². The van der Waals surface area contributed by atoms with Gasteiger partial charge in [0.2, 0.25) is 0 Å². The number of nitrogens with one attached hydrogen (secondary N) is 1. The molecule has 1 aliphatic heterocycles. The lowest BCUT2D eigenvalue weighted by Crippen LogP contribution is -2.35. The van der Waals surface area contributed by atoms with Crippen LogP contribution in [-0.2, 0) is 5.41 Å². The van der Waals surface area contributed by atoms with Crippen molar-refractivity contribution in [3.8, 4) is 22.8 Å². The maximum Gasteiger partial charge on any atom is 0.251 e. The zero-order valence-electron chi connectivity index (χ0n) is 23.0. The lowest BCUT2D eigenvalue weighted by Gasteiger charge is -2.25. The molecule has 1 atom stereocenters. The fourth-order valence-corrected chi connectivity index (χ4v) is 5.45. The van der Waals surface area contributed by atoms with Crippen molar-refractivity contribution in [2.45, 2.75) is 36.8 Å². The Bertz CT molecular complexity index is 1670. The smallest absolute Gasteiger partial charge is 0.251 e. The van der Waals surface area contributed by atoms with Gasteiger partial charge in [-0.1, -0.05) is 0 Å². The van der Waals surface area contributed by atoms with Crippen molar-refractivity contribution in [2.75, 3.05) is 33.6 Å². The molecule has 11 heteroatoms. The number of nitrogens with zero attached hydrogens (tertiary/aromatic N) is 3. The van der Waals surface area contributed by atoms with Crippen molar-refractivity contribution in [1.82, 2.24) is 20.5 Å². The minimum Gasteiger partial charge on any atom is -0.494 e. The maximum absolute atomic E-state index is 15.9. The quantitative estimate of drug-likeness (QED) is 0.255. The average molecular weight is 581 g/mol. The Balaban J connectivity index is 1.38. The predicted octanol–water partition coefficient (Wildman–Crippen LogP) is 5.73. The van der Waals surface area contributed by atoms with E-state index >= 15 is 4.39 Å². The van der Waals surface area contributed by atoms with E-state index in [4.69, 9.17) is 14.5 Å². The average Bonchev–Trinajstić information content (AvgIpc) is 3.63. The van der Waals surface area contributed by atoms with Gasteiger partial charge >= 0.3 is 0 Å². The molecule has 0 saturated heterocycles. The zero-order chi connectivity index (χ0) is 29.6. The molecule has 0 spiro atoms. The second kappa shape index (κ2) is 10.5. The Hall–Kier alpha value is -4.28. The first-order valence-corrected chi connectivity index (χ1v) is 13.6. The van der Waals surface area contributed by atoms with Gasteiger partial charge in [0.1, 0.15) is 54.2 Å². The number of ether oxygens (including phenoxy) is 2. The second-order valence-corrected chi connectivity index (χ2v) is 11.0. The molecule has 7 nitrogen and oxygen atoms in total. The Kier molecular flexibility index (Phi) is 6.98. The summed E-state index contributed by atoms with van der Waals surface area (Å²) < 4.78 is 69.4. The molecule has 1 saturated carbocycles. The van der Waals surface area contributed by atoms with E-state index in [2.05, 4.69) is 15.5 Å². The van der Waals surface area contributed by atoms with E-state index in [9.17, 15) is 18.0 Å². The fourth-order valence-electron chi connectivity index (χ4n) is 5.45. The summed E-state index contributed by atoms with van der Waals surface area (Å²) in [5.41, 5.74) is -0.623. The number of halogens is 4. The number of aromatic nitrogens is 3. The minimum absolute atomic E-state index is 0.128. The molecule has 0 radical (unpaired) electrons. The Labute approximate surface area is 239 Å². The maximum atomic E-state index is 15.9. The number of pyridine rings is 1. The van der Waals surface area contributed by atoms with Gasteiger partial charge in [-0.15, -0.1) is 5.10 Å². The number of carbonyl (C=O) groups excluding carboxylic acids is 1. The van der Waals surface area contributed by atoms with Crippen LogP contribution in [0.25, 0.3) is 22.2 Å². The van der Waals surface area contributed by atoms with Gasteiger partial charge in [0, 0.05) is 34.3 Å². The standard InChI is InChI=1S/C31H28F4N4O3/c1-17-9-19-10-20(11-25(41-2)26(19)39-38-17)29(40)36-13-23(31(35)7-8-31)24-12-22-28(42-16-30(22,14-32)15-33)27(37-24)18-3-5-21(34)6-4-18/h3-6,9-12,23H,7-8,13-16H2,1-2H3,(H,36,40). The van der Waals surface area contributed by atoms with E-state index in [0.717, 1.165) is 0 Å². The van der Waals surface area contributed by atoms with Gasteiger partial charge in [-0.05, 0) is 68.3 Å². The minimum atomic E-state index is -1.67. The number of rotatable bonds is 9. The normalized spacial score (nSPS) is 16.9. The monoisotopic (exact) mass is 580 g/mol. The molecule has 6 rings (SSSR count). The number of benzene rings is 2. The van der Waals surface area contributed by atoms with Gasteiger partial charge < -0.3 is 14.8 Å². The first kappa shape index (κ1) is 27.9. The number of carbonyl (C=O) groups is 1. The van der Waals surface area contributed by atoms with Crippen LogP contribution in [0.5, 0.6) is 11.5 Å². The van der Waals surface area contributed by atoms with Gasteiger partial charge in [0.15, 0.2) is 0 Å². The van der Waals surface area contributed by atoms with Crippen LogP contribution in [0, 0.1) is 12.7 Å². The van der Waals surface area contributed by atoms with E-state index < -0.39 is 42.1 Å². The van der Waals surface area contributed by atoms with Crippen LogP contribution >= 0.6 is 0 Å². The molecule has 1 aliphatic carbocycles. The highest BCUT2D eigenvalue weighted by Gasteiger charge is 2.53. The number of hydrogen-bond donors (Lipinski definition) is 1. The third-order valence-electron chi connectivity index (χ3n) is 8.12. The Morgan fingerprint density at radius 1 is 1.10 bits per heavy atom. The van der Waals surface area contributed by atoms with E-state index in [1.165, 1.54) is 43.5 Å². The number of amides is 1. The molecular formula is C31H28F4N4O3. The summed E-state index contributed by atoms with van der Waals surface area (Å²) >= 11 is 0. The molecular weight excluding hydrogens is 552 g/mol. The van der Waals surface area contributed by atoms with Gasteiger partial charge in [-0.2, -0.15) is 5.10 Å². The Morgan fingerprint density at radius 3 is 2.50 bits per heavy atom. The van der Waals surface area contributed by atoms with Gasteiger partial charge in [-0.25, -0.2) is 22.5 Å². The first-order valence-electron chi connectivity index (χ1n) is 13.6. The number of fused-ring (bicyclic) bond motifs is 2. The molecule has 3 heterocycles. The first-order chi connectivity index (χ1) is 20.2. The summed E-state index contributed by atoms with van der Waals surface area (Å²) in [6.07, 6.45) is 0.488. The van der Waals surface area contributed by atoms with E-state index in [0.29, 0.717) is 27.9 Å². The van der Waals surface area contributed by atoms with Crippen LogP contribution in [0.15, 0.2) is 48.5 Å². The van der Waals surface area contributed by atoms with Crippen molar-refractivity contribution < 1.29 is 31.8 Å². The Morgan fingerprint density at radius 2 is 1.83 bits per heavy atom. The molecule has 2 aromatic carbocycles. The molecule has 1 N–H and O–H groups in total. The van der Waals surface area contributed by atoms with Crippen LogP contribution in [0.2, 0.25) is 0 Å². The third-order valence-corrected chi connectivity index (χ3v) is 8.12. The highest BCUT2D eigenvalue weighted by atomic mass is 19.1. The molecule has 2 aliphatic rings. The molecule has 42 heavy (non-hydrogen) atoms. The summed E-state index contributed by atoms with van der Waals surface area (Å²) in [7, 11) is 1.46. The SMILES string of the molecule is COc1cc(C(=O)NCC(c2cc3c(c(-c4ccc(F)cc4)n2)OCC3(CF)CF)C2(F)CC2)cc2cc(C)nnc12. The highest BCUT2D eigenvalue weighted by Crippen LogP contribution is 2.53. The summed E-state index contributed by atoms with van der Waals surface area (Å²) in [4.78, 5) is 18.0. The third kappa shape index (κ3) is 4.80. The van der Waals surface area contributed by atoms with E-state index in [-0.39, 0.29) is 54.3 Å². The topological polar surface area (TPSA) is 86.2 Å².